The molecule has 0 unspecified atom stereocenters. The highest BCUT2D eigenvalue weighted by atomic mass is 16.5. The highest BCUT2D eigenvalue weighted by Gasteiger charge is 2.14. The van der Waals surface area contributed by atoms with Gasteiger partial charge < -0.3 is 14.8 Å². The summed E-state index contributed by atoms with van der Waals surface area (Å²) in [5.74, 6) is -0.100. The molecule has 2 rings (SSSR count). The lowest BCUT2D eigenvalue weighted by molar-refractivity contribution is -0.120. The van der Waals surface area contributed by atoms with Crippen molar-refractivity contribution in [3.63, 3.8) is 0 Å². The summed E-state index contributed by atoms with van der Waals surface area (Å²) in [6.45, 7) is 2.31. The van der Waals surface area contributed by atoms with Crippen molar-refractivity contribution >= 4 is 11.9 Å². The molecule has 0 aromatic heterocycles. The Bertz CT molecular complexity index is 740. The van der Waals surface area contributed by atoms with Gasteiger partial charge in [0.05, 0.1) is 20.6 Å². The van der Waals surface area contributed by atoms with Crippen LogP contribution in [0.1, 0.15) is 27.0 Å². The molecular weight excluding hydrogens is 306 g/mol. The number of esters is 1. The predicted octanol–water partition coefficient (Wildman–Crippen LogP) is 2.65. The zero-order valence-corrected chi connectivity index (χ0v) is 14.1. The van der Waals surface area contributed by atoms with Crippen LogP contribution in [0.3, 0.4) is 0 Å². The molecule has 0 saturated carbocycles. The van der Waals surface area contributed by atoms with Gasteiger partial charge in [-0.05, 0) is 35.7 Å². The van der Waals surface area contributed by atoms with Gasteiger partial charge >= 0.3 is 5.97 Å². The third-order valence-corrected chi connectivity index (χ3v) is 3.77. The smallest absolute Gasteiger partial charge is 0.341 e. The van der Waals surface area contributed by atoms with Crippen molar-refractivity contribution in [3.05, 3.63) is 64.7 Å². The first-order chi connectivity index (χ1) is 11.5. The fourth-order valence-corrected chi connectivity index (χ4v) is 2.38. The number of carbonyl (C=O) groups excluding carboxylic acids is 2. The summed E-state index contributed by atoms with van der Waals surface area (Å²) >= 11 is 0. The van der Waals surface area contributed by atoms with Crippen LogP contribution in [0.25, 0.3) is 0 Å². The normalized spacial score (nSPS) is 10.1. The molecule has 0 fully saturated rings. The predicted molar refractivity (Wildman–Crippen MR) is 91.1 cm³/mol. The van der Waals surface area contributed by atoms with Gasteiger partial charge in [-0.1, -0.05) is 30.3 Å². The molecule has 0 radical (unpaired) electrons. The summed E-state index contributed by atoms with van der Waals surface area (Å²) in [7, 11) is 2.81. The molecule has 5 nitrogen and oxygen atoms in total. The van der Waals surface area contributed by atoms with Crippen molar-refractivity contribution in [1.29, 1.82) is 0 Å². The first-order valence-electron chi connectivity index (χ1n) is 7.61. The van der Waals surface area contributed by atoms with E-state index in [0.29, 0.717) is 24.3 Å². The topological polar surface area (TPSA) is 64.6 Å². The van der Waals surface area contributed by atoms with Gasteiger partial charge in [0.25, 0.3) is 0 Å². The van der Waals surface area contributed by atoms with Gasteiger partial charge in [-0.3, -0.25) is 4.79 Å². The Morgan fingerprint density at radius 3 is 2.50 bits per heavy atom. The number of amides is 1. The lowest BCUT2D eigenvalue weighted by Gasteiger charge is -2.11. The van der Waals surface area contributed by atoms with Crippen LogP contribution in [0.5, 0.6) is 5.75 Å². The summed E-state index contributed by atoms with van der Waals surface area (Å²) in [5.41, 5.74) is 3.23. The van der Waals surface area contributed by atoms with Crippen LogP contribution in [0.4, 0.5) is 0 Å². The second kappa shape index (κ2) is 8.15. The van der Waals surface area contributed by atoms with Crippen molar-refractivity contribution in [3.8, 4) is 5.75 Å². The molecule has 0 aliphatic carbocycles. The molecule has 0 spiro atoms. The molecule has 0 heterocycles. The highest BCUT2D eigenvalue weighted by Crippen LogP contribution is 2.20. The second-order valence-corrected chi connectivity index (χ2v) is 5.41. The number of nitrogens with one attached hydrogen (secondary N) is 1. The number of hydrogen-bond donors (Lipinski definition) is 1. The lowest BCUT2D eigenvalue weighted by Crippen LogP contribution is -2.25. The molecule has 0 aliphatic rings. The van der Waals surface area contributed by atoms with Gasteiger partial charge in [0.1, 0.15) is 11.3 Å². The van der Waals surface area contributed by atoms with Crippen molar-refractivity contribution < 1.29 is 19.1 Å². The number of carbonyl (C=O) groups is 2. The molecule has 0 atom stereocenters. The van der Waals surface area contributed by atoms with Gasteiger partial charge in [0.2, 0.25) is 5.91 Å². The quantitative estimate of drug-likeness (QED) is 0.829. The SMILES string of the molecule is COC(=O)c1cc(CNC(=O)Cc2ccccc2C)ccc1OC. The number of aryl methyl sites for hydroxylation is 1. The minimum absolute atomic E-state index is 0.0697. The molecule has 24 heavy (non-hydrogen) atoms. The molecule has 1 amide bonds. The molecule has 2 aromatic carbocycles. The minimum Gasteiger partial charge on any atom is -0.496 e. The Kier molecular flexibility index (Phi) is 5.95. The average Bonchev–Trinajstić information content (AvgIpc) is 2.61. The van der Waals surface area contributed by atoms with Crippen molar-refractivity contribution in [2.24, 2.45) is 0 Å². The van der Waals surface area contributed by atoms with E-state index < -0.39 is 5.97 Å². The largest absolute Gasteiger partial charge is 0.496 e. The third kappa shape index (κ3) is 4.35. The second-order valence-electron chi connectivity index (χ2n) is 5.41. The number of rotatable bonds is 6. The maximum atomic E-state index is 12.1. The van der Waals surface area contributed by atoms with Gasteiger partial charge in [0.15, 0.2) is 0 Å². The molecule has 2 aromatic rings. The standard InChI is InChI=1S/C19H21NO4/c1-13-6-4-5-7-15(13)11-18(21)20-12-14-8-9-17(23-2)16(10-14)19(22)24-3/h4-10H,11-12H2,1-3H3,(H,20,21). The zero-order chi connectivity index (χ0) is 17.5. The number of hydrogen-bond acceptors (Lipinski definition) is 4. The van der Waals surface area contributed by atoms with Crippen LogP contribution in [0, 0.1) is 6.92 Å². The van der Waals surface area contributed by atoms with Crippen LogP contribution in [0.15, 0.2) is 42.5 Å². The molecule has 126 valence electrons. The van der Waals surface area contributed by atoms with Gasteiger partial charge in [0, 0.05) is 6.54 Å². The summed E-state index contributed by atoms with van der Waals surface area (Å²) in [6.07, 6.45) is 0.326. The first kappa shape index (κ1) is 17.5. The number of ether oxygens (including phenoxy) is 2. The van der Waals surface area contributed by atoms with E-state index in [2.05, 4.69) is 5.32 Å². The average molecular weight is 327 g/mol. The molecular formula is C19H21NO4. The van der Waals surface area contributed by atoms with Crippen LogP contribution < -0.4 is 10.1 Å². The number of methoxy groups -OCH3 is 2. The van der Waals surface area contributed by atoms with Crippen LogP contribution in [-0.2, 0) is 22.5 Å². The molecule has 0 aliphatic heterocycles. The van der Waals surface area contributed by atoms with Gasteiger partial charge in [-0.2, -0.15) is 0 Å². The molecule has 5 heteroatoms. The van der Waals surface area contributed by atoms with E-state index in [0.717, 1.165) is 16.7 Å². The fraction of sp³-hybridized carbons (Fsp3) is 0.263. The molecule has 0 bridgehead atoms. The highest BCUT2D eigenvalue weighted by molar-refractivity contribution is 5.92. The van der Waals surface area contributed by atoms with Gasteiger partial charge in [-0.15, -0.1) is 0 Å². The van der Waals surface area contributed by atoms with E-state index >= 15 is 0 Å². The summed E-state index contributed by atoms with van der Waals surface area (Å²) in [6, 6.07) is 12.9. The fourth-order valence-electron chi connectivity index (χ4n) is 2.38. The maximum Gasteiger partial charge on any atom is 0.341 e. The van der Waals surface area contributed by atoms with Gasteiger partial charge in [-0.25, -0.2) is 4.79 Å². The number of benzene rings is 2. The lowest BCUT2D eigenvalue weighted by atomic mass is 10.1. The molecule has 0 saturated heterocycles. The summed E-state index contributed by atoms with van der Waals surface area (Å²) in [4.78, 5) is 23.9. The van der Waals surface area contributed by atoms with E-state index in [1.165, 1.54) is 14.2 Å². The Labute approximate surface area is 141 Å². The van der Waals surface area contributed by atoms with Crippen LogP contribution >= 0.6 is 0 Å². The Morgan fingerprint density at radius 2 is 1.83 bits per heavy atom. The van der Waals surface area contributed by atoms with E-state index in [-0.39, 0.29) is 5.91 Å². The third-order valence-electron chi connectivity index (χ3n) is 3.77. The monoisotopic (exact) mass is 327 g/mol. The summed E-state index contributed by atoms with van der Waals surface area (Å²) in [5, 5.41) is 2.86. The zero-order valence-electron chi connectivity index (χ0n) is 14.1. The van der Waals surface area contributed by atoms with Crippen LogP contribution in [0.2, 0.25) is 0 Å². The van der Waals surface area contributed by atoms with E-state index in [4.69, 9.17) is 9.47 Å². The van der Waals surface area contributed by atoms with Crippen LogP contribution in [-0.4, -0.2) is 26.1 Å². The summed E-state index contributed by atoms with van der Waals surface area (Å²) < 4.78 is 9.90. The van der Waals surface area contributed by atoms with Crippen molar-refractivity contribution in [2.75, 3.05) is 14.2 Å². The Hall–Kier alpha value is -2.82. The van der Waals surface area contributed by atoms with E-state index in [1.807, 2.05) is 31.2 Å². The first-order valence-corrected chi connectivity index (χ1v) is 7.61. The minimum atomic E-state index is -0.472. The van der Waals surface area contributed by atoms with Crippen molar-refractivity contribution in [2.45, 2.75) is 19.9 Å². The van der Waals surface area contributed by atoms with E-state index in [9.17, 15) is 9.59 Å². The maximum absolute atomic E-state index is 12.1. The molecule has 1 N–H and O–H groups in total. The van der Waals surface area contributed by atoms with Crippen molar-refractivity contribution in [1.82, 2.24) is 5.32 Å². The Morgan fingerprint density at radius 1 is 1.08 bits per heavy atom. The van der Waals surface area contributed by atoms with E-state index in [1.54, 1.807) is 18.2 Å². The Balaban J connectivity index is 2.02.